The molecule has 0 spiro atoms. The van der Waals surface area contributed by atoms with Gasteiger partial charge in [0.25, 0.3) is 5.91 Å². The first-order valence-electron chi connectivity index (χ1n) is 8.06. The third-order valence-electron chi connectivity index (χ3n) is 4.57. The van der Waals surface area contributed by atoms with Crippen LogP contribution < -0.4 is 15.4 Å². The Labute approximate surface area is 149 Å². The van der Waals surface area contributed by atoms with Gasteiger partial charge in [-0.2, -0.15) is 0 Å². The number of carbonyl (C=O) groups excluding carboxylic acids is 1. The van der Waals surface area contributed by atoms with Crippen LogP contribution in [0.15, 0.2) is 39.7 Å². The Morgan fingerprint density at radius 1 is 1.38 bits per heavy atom. The summed E-state index contributed by atoms with van der Waals surface area (Å²) >= 11 is 3.07. The van der Waals surface area contributed by atoms with Crippen LogP contribution >= 0.6 is 23.1 Å². The molecule has 0 aliphatic carbocycles. The van der Waals surface area contributed by atoms with Gasteiger partial charge in [-0.05, 0) is 43.5 Å². The molecule has 4 rings (SSSR count). The van der Waals surface area contributed by atoms with Gasteiger partial charge in [-0.3, -0.25) is 4.79 Å². The molecule has 2 bridgehead atoms. The zero-order chi connectivity index (χ0) is 16.5. The second-order valence-electron chi connectivity index (χ2n) is 6.12. The average molecular weight is 361 g/mol. The minimum atomic E-state index is 0.0360. The summed E-state index contributed by atoms with van der Waals surface area (Å²) < 4.78 is 6.17. The number of nitrogens with one attached hydrogen (secondary N) is 2. The molecule has 0 radical (unpaired) electrons. The zero-order valence-electron chi connectivity index (χ0n) is 13.3. The highest BCUT2D eigenvalue weighted by Gasteiger charge is 2.39. The molecule has 3 atom stereocenters. The van der Waals surface area contributed by atoms with Crippen molar-refractivity contribution < 1.29 is 9.53 Å². The van der Waals surface area contributed by atoms with Crippen LogP contribution in [0, 0.1) is 0 Å². The van der Waals surface area contributed by atoms with Crippen molar-refractivity contribution >= 4 is 29.0 Å². The van der Waals surface area contributed by atoms with E-state index in [1.54, 1.807) is 25.1 Å². The molecule has 3 unspecified atom stereocenters. The molecule has 2 aromatic rings. The lowest BCUT2D eigenvalue weighted by molar-refractivity contribution is 0.0935. The van der Waals surface area contributed by atoms with Gasteiger partial charge in [0.15, 0.2) is 0 Å². The minimum Gasteiger partial charge on any atom is -0.495 e. The second kappa shape index (κ2) is 6.74. The Hall–Kier alpha value is -1.57. The predicted octanol–water partition coefficient (Wildman–Crippen LogP) is 2.93. The Morgan fingerprint density at radius 2 is 2.29 bits per heavy atom. The van der Waals surface area contributed by atoms with Gasteiger partial charge < -0.3 is 15.4 Å². The molecule has 2 aliphatic heterocycles. The maximum absolute atomic E-state index is 12.5. The van der Waals surface area contributed by atoms with Gasteiger partial charge in [0, 0.05) is 18.1 Å². The Balaban J connectivity index is 1.37. The van der Waals surface area contributed by atoms with Gasteiger partial charge in [0.05, 0.1) is 22.4 Å². The van der Waals surface area contributed by atoms with Gasteiger partial charge in [0.1, 0.15) is 10.8 Å². The quantitative estimate of drug-likeness (QED) is 0.857. The fourth-order valence-electron chi connectivity index (χ4n) is 3.37. The van der Waals surface area contributed by atoms with E-state index < -0.39 is 0 Å². The van der Waals surface area contributed by atoms with Crippen molar-refractivity contribution in [2.75, 3.05) is 7.11 Å². The molecule has 5 nitrogen and oxygen atoms in total. The number of thiophene rings is 1. The van der Waals surface area contributed by atoms with Gasteiger partial charge >= 0.3 is 0 Å². The summed E-state index contributed by atoms with van der Waals surface area (Å²) in [7, 11) is 1.62. The van der Waals surface area contributed by atoms with E-state index in [-0.39, 0.29) is 11.9 Å². The monoisotopic (exact) mass is 361 g/mol. The molecule has 2 aliphatic rings. The van der Waals surface area contributed by atoms with Crippen LogP contribution in [0.5, 0.6) is 5.75 Å². The summed E-state index contributed by atoms with van der Waals surface area (Å²) in [5.41, 5.74) is 0. The maximum Gasteiger partial charge on any atom is 0.261 e. The highest BCUT2D eigenvalue weighted by atomic mass is 32.2. The number of hydrogen-bond acceptors (Lipinski definition) is 6. The number of aromatic nitrogens is 1. The largest absolute Gasteiger partial charge is 0.495 e. The molecule has 2 N–H and O–H groups in total. The number of rotatable bonds is 5. The fourth-order valence-corrected chi connectivity index (χ4v) is 5.29. The van der Waals surface area contributed by atoms with Crippen molar-refractivity contribution in [1.82, 2.24) is 15.6 Å². The Kier molecular flexibility index (Phi) is 4.47. The van der Waals surface area contributed by atoms with E-state index in [1.807, 2.05) is 24.3 Å². The first-order chi connectivity index (χ1) is 11.7. The normalized spacial score (nSPS) is 25.0. The van der Waals surface area contributed by atoms with Crippen LogP contribution in [-0.2, 0) is 0 Å². The summed E-state index contributed by atoms with van der Waals surface area (Å²) in [6, 6.07) is 9.01. The van der Waals surface area contributed by atoms with Gasteiger partial charge in [0.2, 0.25) is 0 Å². The van der Waals surface area contributed by atoms with Gasteiger partial charge in [-0.25, -0.2) is 4.98 Å². The SMILES string of the molecule is COc1ccc(Sc2ccc(C(=O)NC3CC4CCC3N4)s2)nc1. The van der Waals surface area contributed by atoms with E-state index in [4.69, 9.17) is 4.74 Å². The van der Waals surface area contributed by atoms with Crippen molar-refractivity contribution in [3.05, 3.63) is 35.3 Å². The predicted molar refractivity (Wildman–Crippen MR) is 95.0 cm³/mol. The summed E-state index contributed by atoms with van der Waals surface area (Å²) in [6.45, 7) is 0. The van der Waals surface area contributed by atoms with E-state index in [0.29, 0.717) is 12.1 Å². The van der Waals surface area contributed by atoms with E-state index in [2.05, 4.69) is 15.6 Å². The van der Waals surface area contributed by atoms with Crippen LogP contribution in [0.4, 0.5) is 0 Å². The highest BCUT2D eigenvalue weighted by Crippen LogP contribution is 2.33. The second-order valence-corrected chi connectivity index (χ2v) is 8.52. The van der Waals surface area contributed by atoms with E-state index >= 15 is 0 Å². The third-order valence-corrected chi connectivity index (χ3v) is 6.74. The molecule has 126 valence electrons. The van der Waals surface area contributed by atoms with Gasteiger partial charge in [-0.1, -0.05) is 11.8 Å². The van der Waals surface area contributed by atoms with Crippen molar-refractivity contribution in [2.45, 2.75) is 46.6 Å². The summed E-state index contributed by atoms with van der Waals surface area (Å²) in [5.74, 6) is 0.777. The summed E-state index contributed by atoms with van der Waals surface area (Å²) in [5, 5.41) is 7.63. The standard InChI is InChI=1S/C17H19N3O2S2/c1-22-11-3-6-15(18-9-11)24-16-7-5-14(23-16)17(21)20-13-8-10-2-4-12(13)19-10/h3,5-7,9-10,12-13,19H,2,4,8H2,1H3,(H,20,21). The van der Waals surface area contributed by atoms with Gasteiger partial charge in [-0.15, -0.1) is 11.3 Å². The van der Waals surface area contributed by atoms with Crippen LogP contribution in [0.3, 0.4) is 0 Å². The van der Waals surface area contributed by atoms with Crippen LogP contribution in [0.1, 0.15) is 28.9 Å². The lowest BCUT2D eigenvalue weighted by atomic mass is 9.95. The molecular formula is C17H19N3O2S2. The van der Waals surface area contributed by atoms with E-state index in [0.717, 1.165) is 26.3 Å². The first kappa shape index (κ1) is 15.9. The molecule has 2 saturated heterocycles. The average Bonchev–Trinajstić information content (AvgIpc) is 3.32. The minimum absolute atomic E-state index is 0.0360. The number of ether oxygens (including phenoxy) is 1. The number of pyridine rings is 1. The van der Waals surface area contributed by atoms with Crippen LogP contribution in [0.25, 0.3) is 0 Å². The fraction of sp³-hybridized carbons (Fsp3) is 0.412. The van der Waals surface area contributed by atoms with Crippen molar-refractivity contribution in [3.8, 4) is 5.75 Å². The number of nitrogens with zero attached hydrogens (tertiary/aromatic N) is 1. The molecule has 1 amide bonds. The van der Waals surface area contributed by atoms with E-state index in [1.165, 1.54) is 24.2 Å². The lowest BCUT2D eigenvalue weighted by Crippen LogP contribution is -2.42. The molecular weight excluding hydrogens is 342 g/mol. The number of carbonyl (C=O) groups is 1. The van der Waals surface area contributed by atoms with Crippen LogP contribution in [0.2, 0.25) is 0 Å². The first-order valence-corrected chi connectivity index (χ1v) is 9.69. The van der Waals surface area contributed by atoms with Crippen molar-refractivity contribution in [3.63, 3.8) is 0 Å². The zero-order valence-corrected chi connectivity index (χ0v) is 15.0. The molecule has 0 aromatic carbocycles. The number of hydrogen-bond donors (Lipinski definition) is 2. The molecule has 2 fully saturated rings. The number of fused-ring (bicyclic) bond motifs is 2. The van der Waals surface area contributed by atoms with Crippen molar-refractivity contribution in [2.24, 2.45) is 0 Å². The molecule has 7 heteroatoms. The topological polar surface area (TPSA) is 63.2 Å². The number of methoxy groups -OCH3 is 1. The summed E-state index contributed by atoms with van der Waals surface area (Å²) in [6.07, 6.45) is 5.17. The molecule has 2 aromatic heterocycles. The molecule has 0 saturated carbocycles. The molecule has 24 heavy (non-hydrogen) atoms. The van der Waals surface area contributed by atoms with Crippen LogP contribution in [-0.4, -0.2) is 36.1 Å². The highest BCUT2D eigenvalue weighted by molar-refractivity contribution is 8.01. The Bertz CT molecular complexity index is 732. The molecule has 4 heterocycles. The lowest BCUT2D eigenvalue weighted by Gasteiger charge is -2.20. The maximum atomic E-state index is 12.5. The summed E-state index contributed by atoms with van der Waals surface area (Å²) in [4.78, 5) is 17.6. The smallest absolute Gasteiger partial charge is 0.261 e. The van der Waals surface area contributed by atoms with E-state index in [9.17, 15) is 4.79 Å². The third kappa shape index (κ3) is 3.29. The van der Waals surface area contributed by atoms with Crippen molar-refractivity contribution in [1.29, 1.82) is 0 Å². The number of amides is 1. The Morgan fingerprint density at radius 3 is 2.96 bits per heavy atom.